The number of hydrogen-bond donors (Lipinski definition) is 2. The van der Waals surface area contributed by atoms with Gasteiger partial charge in [-0.1, -0.05) is 13.0 Å². The van der Waals surface area contributed by atoms with E-state index in [2.05, 4.69) is 42.3 Å². The van der Waals surface area contributed by atoms with Crippen LogP contribution >= 0.6 is 0 Å². The Kier molecular flexibility index (Phi) is 4.25. The summed E-state index contributed by atoms with van der Waals surface area (Å²) in [4.78, 5) is 2.35. The van der Waals surface area contributed by atoms with Crippen molar-refractivity contribution in [2.24, 2.45) is 5.92 Å². The number of hydrogen-bond acceptors (Lipinski definition) is 3. The molecule has 3 heteroatoms. The Balaban J connectivity index is 2.21. The molecule has 0 saturated carbocycles. The molecule has 0 spiro atoms. The molecule has 1 aromatic carbocycles. The second-order valence-corrected chi connectivity index (χ2v) is 5.35. The van der Waals surface area contributed by atoms with Gasteiger partial charge >= 0.3 is 0 Å². The van der Waals surface area contributed by atoms with Crippen LogP contribution in [0, 0.1) is 12.8 Å². The first-order valence-corrected chi connectivity index (χ1v) is 6.79. The minimum Gasteiger partial charge on any atom is -0.394 e. The smallest absolute Gasteiger partial charge is 0.0637 e. The number of aliphatic hydroxyl groups excluding tert-OH is 1. The van der Waals surface area contributed by atoms with E-state index in [1.54, 1.807) is 0 Å². The molecule has 0 bridgehead atoms. The molecule has 1 aromatic rings. The van der Waals surface area contributed by atoms with Crippen LogP contribution in [0.1, 0.15) is 24.5 Å². The number of aryl methyl sites for hydroxylation is 1. The lowest BCUT2D eigenvalue weighted by atomic mass is 10.0. The summed E-state index contributed by atoms with van der Waals surface area (Å²) < 4.78 is 0. The molecule has 1 aliphatic rings. The van der Waals surface area contributed by atoms with Crippen molar-refractivity contribution in [3.8, 4) is 0 Å². The van der Waals surface area contributed by atoms with Crippen molar-refractivity contribution in [1.82, 2.24) is 5.32 Å². The summed E-state index contributed by atoms with van der Waals surface area (Å²) in [6.45, 7) is 6.59. The summed E-state index contributed by atoms with van der Waals surface area (Å²) in [5, 5.41) is 12.7. The molecule has 2 rings (SSSR count). The van der Waals surface area contributed by atoms with E-state index in [9.17, 15) is 5.11 Å². The SMILES string of the molecule is CNCc1ccc(N2CCC(C)C2CO)cc1C. The van der Waals surface area contributed by atoms with E-state index < -0.39 is 0 Å². The molecule has 0 aliphatic carbocycles. The molecule has 100 valence electrons. The lowest BCUT2D eigenvalue weighted by Crippen LogP contribution is -2.35. The second kappa shape index (κ2) is 5.72. The first-order chi connectivity index (χ1) is 8.67. The Bertz CT molecular complexity index is 405. The average molecular weight is 248 g/mol. The minimum absolute atomic E-state index is 0.248. The normalized spacial score (nSPS) is 23.7. The van der Waals surface area contributed by atoms with E-state index in [0.29, 0.717) is 5.92 Å². The molecule has 0 aromatic heterocycles. The third-order valence-corrected chi connectivity index (χ3v) is 4.09. The van der Waals surface area contributed by atoms with Gasteiger partial charge in [-0.25, -0.2) is 0 Å². The predicted molar refractivity (Wildman–Crippen MR) is 75.9 cm³/mol. The van der Waals surface area contributed by atoms with Crippen molar-refractivity contribution >= 4 is 5.69 Å². The third-order valence-electron chi connectivity index (χ3n) is 4.09. The van der Waals surface area contributed by atoms with Crippen LogP contribution in [0.3, 0.4) is 0 Å². The highest BCUT2D eigenvalue weighted by molar-refractivity contribution is 5.52. The Hall–Kier alpha value is -1.06. The molecule has 0 radical (unpaired) electrons. The van der Waals surface area contributed by atoms with Gasteiger partial charge in [-0.2, -0.15) is 0 Å². The quantitative estimate of drug-likeness (QED) is 0.854. The monoisotopic (exact) mass is 248 g/mol. The van der Waals surface area contributed by atoms with E-state index in [1.165, 1.54) is 23.2 Å². The van der Waals surface area contributed by atoms with Crippen LogP contribution in [0.5, 0.6) is 0 Å². The van der Waals surface area contributed by atoms with Crippen LogP contribution in [0.2, 0.25) is 0 Å². The van der Waals surface area contributed by atoms with Gasteiger partial charge in [-0.15, -0.1) is 0 Å². The number of benzene rings is 1. The summed E-state index contributed by atoms with van der Waals surface area (Å²) in [6, 6.07) is 6.89. The van der Waals surface area contributed by atoms with Crippen molar-refractivity contribution in [1.29, 1.82) is 0 Å². The molecular weight excluding hydrogens is 224 g/mol. The molecule has 1 fully saturated rings. The number of anilines is 1. The Morgan fingerprint density at radius 1 is 1.44 bits per heavy atom. The van der Waals surface area contributed by atoms with E-state index >= 15 is 0 Å². The summed E-state index contributed by atoms with van der Waals surface area (Å²) in [7, 11) is 1.97. The number of nitrogens with zero attached hydrogens (tertiary/aromatic N) is 1. The second-order valence-electron chi connectivity index (χ2n) is 5.35. The predicted octanol–water partition coefficient (Wildman–Crippen LogP) is 1.92. The number of rotatable bonds is 4. The van der Waals surface area contributed by atoms with E-state index in [4.69, 9.17) is 0 Å². The van der Waals surface area contributed by atoms with Crippen LogP contribution in [-0.4, -0.2) is 31.3 Å². The fourth-order valence-corrected chi connectivity index (χ4v) is 2.85. The van der Waals surface area contributed by atoms with Gasteiger partial charge in [0.05, 0.1) is 12.6 Å². The minimum atomic E-state index is 0.248. The van der Waals surface area contributed by atoms with Gasteiger partial charge < -0.3 is 15.3 Å². The molecule has 2 unspecified atom stereocenters. The molecule has 1 heterocycles. The number of nitrogens with one attached hydrogen (secondary N) is 1. The van der Waals surface area contributed by atoms with Crippen LogP contribution in [0.15, 0.2) is 18.2 Å². The Morgan fingerprint density at radius 3 is 2.83 bits per heavy atom. The zero-order chi connectivity index (χ0) is 13.1. The Labute approximate surface area is 110 Å². The highest BCUT2D eigenvalue weighted by atomic mass is 16.3. The fraction of sp³-hybridized carbons (Fsp3) is 0.600. The van der Waals surface area contributed by atoms with Crippen molar-refractivity contribution in [2.45, 2.75) is 32.9 Å². The van der Waals surface area contributed by atoms with E-state index in [-0.39, 0.29) is 12.6 Å². The highest BCUT2D eigenvalue weighted by Crippen LogP contribution is 2.30. The lowest BCUT2D eigenvalue weighted by molar-refractivity contribution is 0.245. The molecular formula is C15H24N2O. The van der Waals surface area contributed by atoms with Crippen molar-refractivity contribution in [3.05, 3.63) is 29.3 Å². The summed E-state index contributed by atoms with van der Waals surface area (Å²) >= 11 is 0. The first-order valence-electron chi connectivity index (χ1n) is 6.79. The zero-order valence-electron chi connectivity index (χ0n) is 11.6. The van der Waals surface area contributed by atoms with Gasteiger partial charge in [-0.3, -0.25) is 0 Å². The van der Waals surface area contributed by atoms with Crippen LogP contribution in [0.4, 0.5) is 5.69 Å². The van der Waals surface area contributed by atoms with Gasteiger partial charge in [0.25, 0.3) is 0 Å². The van der Waals surface area contributed by atoms with Crippen LogP contribution < -0.4 is 10.2 Å². The maximum absolute atomic E-state index is 9.52. The molecule has 3 nitrogen and oxygen atoms in total. The fourth-order valence-electron chi connectivity index (χ4n) is 2.85. The highest BCUT2D eigenvalue weighted by Gasteiger charge is 2.30. The van der Waals surface area contributed by atoms with Gasteiger partial charge in [0.2, 0.25) is 0 Å². The van der Waals surface area contributed by atoms with Crippen molar-refractivity contribution in [3.63, 3.8) is 0 Å². The van der Waals surface area contributed by atoms with Gasteiger partial charge in [0, 0.05) is 18.8 Å². The molecule has 0 amide bonds. The molecule has 18 heavy (non-hydrogen) atoms. The van der Waals surface area contributed by atoms with Crippen molar-refractivity contribution in [2.75, 3.05) is 25.1 Å². The molecule has 1 saturated heterocycles. The Morgan fingerprint density at radius 2 is 2.22 bits per heavy atom. The lowest BCUT2D eigenvalue weighted by Gasteiger charge is -2.28. The standard InChI is InChI=1S/C15H24N2O/c1-11-6-7-17(15(11)10-18)14-5-4-13(9-16-3)12(2)8-14/h4-5,8,11,15-16,18H,6-7,9-10H2,1-3H3. The van der Waals surface area contributed by atoms with Crippen molar-refractivity contribution < 1.29 is 5.11 Å². The maximum atomic E-state index is 9.52. The van der Waals surface area contributed by atoms with Gasteiger partial charge in [0.15, 0.2) is 0 Å². The summed E-state index contributed by atoms with van der Waals surface area (Å²) in [6.07, 6.45) is 1.17. The molecule has 1 aliphatic heterocycles. The largest absolute Gasteiger partial charge is 0.394 e. The van der Waals surface area contributed by atoms with Gasteiger partial charge in [0.1, 0.15) is 0 Å². The van der Waals surface area contributed by atoms with Crippen LogP contribution in [0.25, 0.3) is 0 Å². The van der Waals surface area contributed by atoms with Gasteiger partial charge in [-0.05, 0) is 49.6 Å². The zero-order valence-corrected chi connectivity index (χ0v) is 11.6. The number of aliphatic hydroxyl groups is 1. The maximum Gasteiger partial charge on any atom is 0.0637 e. The summed E-state index contributed by atoms with van der Waals surface area (Å²) in [5.74, 6) is 0.576. The van der Waals surface area contributed by atoms with Crippen LogP contribution in [-0.2, 0) is 6.54 Å². The van der Waals surface area contributed by atoms with E-state index in [1.807, 2.05) is 7.05 Å². The first kappa shape index (κ1) is 13.4. The molecule has 2 N–H and O–H groups in total. The molecule has 2 atom stereocenters. The summed E-state index contributed by atoms with van der Waals surface area (Å²) in [5.41, 5.74) is 3.91. The van der Waals surface area contributed by atoms with E-state index in [0.717, 1.165) is 13.1 Å². The topological polar surface area (TPSA) is 35.5 Å². The third kappa shape index (κ3) is 2.52. The average Bonchev–Trinajstić information content (AvgIpc) is 2.73.